The number of fused-ring (bicyclic) bond motifs is 1. The predicted molar refractivity (Wildman–Crippen MR) is 156 cm³/mol. The molecule has 0 unspecified atom stereocenters. The second-order valence-electron chi connectivity index (χ2n) is 9.72. The maximum atomic E-state index is 13.4. The maximum Gasteiger partial charge on any atom is 0.339 e. The van der Waals surface area contributed by atoms with E-state index in [1.54, 1.807) is 24.3 Å². The molecule has 0 fully saturated rings. The van der Waals surface area contributed by atoms with Gasteiger partial charge in [-0.15, -0.1) is 0 Å². The largest absolute Gasteiger partial charge is 0.457 e. The first-order chi connectivity index (χ1) is 19.7. The van der Waals surface area contributed by atoms with Gasteiger partial charge in [-0.2, -0.15) is 0 Å². The number of Topliss-reactive ketones (excluding diaryl/α,β-unsaturated/α-hetero) is 1. The van der Waals surface area contributed by atoms with Crippen molar-refractivity contribution in [2.24, 2.45) is 0 Å². The number of hydrogen-bond donors (Lipinski definition) is 0. The molecule has 8 nitrogen and oxygen atoms in total. The quantitative estimate of drug-likeness (QED) is 0.0854. The fraction of sp³-hybridized carbons (Fsp3) is 0.121. The molecule has 0 radical (unpaired) electrons. The summed E-state index contributed by atoms with van der Waals surface area (Å²) in [5.41, 5.74) is 5.70. The number of aryl methyl sites for hydroxylation is 2. The Morgan fingerprint density at radius 2 is 1.41 bits per heavy atom. The molecule has 0 bridgehead atoms. The monoisotopic (exact) mass is 546 g/mol. The summed E-state index contributed by atoms with van der Waals surface area (Å²) in [5, 5.41) is 11.5. The van der Waals surface area contributed by atoms with Crippen molar-refractivity contribution >= 4 is 28.3 Å². The zero-order valence-corrected chi connectivity index (χ0v) is 22.7. The molecular weight excluding hydrogens is 520 g/mol. The van der Waals surface area contributed by atoms with Gasteiger partial charge in [-0.3, -0.25) is 14.9 Å². The molecule has 5 rings (SSSR count). The van der Waals surface area contributed by atoms with Crippen LogP contribution in [0.1, 0.15) is 37.4 Å². The van der Waals surface area contributed by atoms with Gasteiger partial charge in [0.05, 0.1) is 21.7 Å². The summed E-state index contributed by atoms with van der Waals surface area (Å²) in [6, 6.07) is 25.7. The van der Waals surface area contributed by atoms with E-state index >= 15 is 0 Å². The van der Waals surface area contributed by atoms with E-state index < -0.39 is 17.5 Å². The number of hydrogen-bond acceptors (Lipinski definition) is 7. The number of nitro benzene ring substituents is 1. The lowest BCUT2D eigenvalue weighted by molar-refractivity contribution is -0.384. The first kappa shape index (κ1) is 27.2. The second-order valence-corrected chi connectivity index (χ2v) is 9.72. The Morgan fingerprint density at radius 3 is 2.05 bits per heavy atom. The van der Waals surface area contributed by atoms with Gasteiger partial charge in [0.2, 0.25) is 0 Å². The van der Waals surface area contributed by atoms with Gasteiger partial charge in [-0.25, -0.2) is 9.78 Å². The van der Waals surface area contributed by atoms with Crippen LogP contribution in [0.5, 0.6) is 11.5 Å². The zero-order valence-electron chi connectivity index (χ0n) is 22.7. The molecule has 0 spiro atoms. The molecule has 4 aromatic carbocycles. The fourth-order valence-electron chi connectivity index (χ4n) is 4.50. The van der Waals surface area contributed by atoms with Crippen molar-refractivity contribution in [1.29, 1.82) is 0 Å². The minimum Gasteiger partial charge on any atom is -0.457 e. The van der Waals surface area contributed by atoms with E-state index in [2.05, 4.69) is 0 Å². The molecule has 0 aliphatic heterocycles. The Hall–Kier alpha value is -5.37. The summed E-state index contributed by atoms with van der Waals surface area (Å²) in [5.74, 6) is -0.0967. The van der Waals surface area contributed by atoms with Crippen molar-refractivity contribution in [1.82, 2.24) is 4.98 Å². The van der Waals surface area contributed by atoms with Gasteiger partial charge >= 0.3 is 5.97 Å². The van der Waals surface area contributed by atoms with Crippen molar-refractivity contribution < 1.29 is 24.0 Å². The van der Waals surface area contributed by atoms with E-state index in [9.17, 15) is 19.7 Å². The number of ether oxygens (including phenoxy) is 2. The molecule has 0 aliphatic carbocycles. The van der Waals surface area contributed by atoms with Crippen molar-refractivity contribution in [3.8, 4) is 22.8 Å². The topological polar surface area (TPSA) is 109 Å². The lowest BCUT2D eigenvalue weighted by Gasteiger charge is -2.15. The van der Waals surface area contributed by atoms with Crippen LogP contribution in [-0.2, 0) is 4.74 Å². The number of benzene rings is 4. The Bertz CT molecular complexity index is 1780. The van der Waals surface area contributed by atoms with Crippen LogP contribution in [0.4, 0.5) is 5.69 Å². The summed E-state index contributed by atoms with van der Waals surface area (Å²) in [4.78, 5) is 41.5. The van der Waals surface area contributed by atoms with Crippen LogP contribution in [-0.4, -0.2) is 28.3 Å². The molecule has 0 amide bonds. The number of esters is 1. The summed E-state index contributed by atoms with van der Waals surface area (Å²) in [7, 11) is 0. The summed E-state index contributed by atoms with van der Waals surface area (Å²) in [6.07, 6.45) is 0. The van der Waals surface area contributed by atoms with E-state index in [1.165, 1.54) is 24.3 Å². The standard InChI is InChI=1S/C33H26N2O6/c1-20-4-7-24(8-5-20)32-22(3)31(28-18-21(2)6-17-29(28)34-32)33(37)40-19-30(36)23-9-13-26(14-10-23)41-27-15-11-25(12-16-27)35(38)39/h4-18H,19H2,1-3H3. The Balaban J connectivity index is 1.33. The molecule has 5 aromatic rings. The second kappa shape index (κ2) is 11.4. The highest BCUT2D eigenvalue weighted by Gasteiger charge is 2.21. The lowest BCUT2D eigenvalue weighted by atomic mass is 9.96. The third-order valence-corrected chi connectivity index (χ3v) is 6.71. The van der Waals surface area contributed by atoms with Gasteiger partial charge in [-0.05, 0) is 74.9 Å². The highest BCUT2D eigenvalue weighted by molar-refractivity contribution is 6.07. The number of aromatic nitrogens is 1. The summed E-state index contributed by atoms with van der Waals surface area (Å²) < 4.78 is 11.2. The average Bonchev–Trinajstić information content (AvgIpc) is 2.96. The number of carbonyl (C=O) groups excluding carboxylic acids is 2. The molecule has 1 aromatic heterocycles. The third-order valence-electron chi connectivity index (χ3n) is 6.71. The number of nitro groups is 1. The number of carbonyl (C=O) groups is 2. The predicted octanol–water partition coefficient (Wildman–Crippen LogP) is 7.57. The van der Waals surface area contributed by atoms with Crippen molar-refractivity contribution in [3.05, 3.63) is 129 Å². The van der Waals surface area contributed by atoms with Crippen LogP contribution in [0.15, 0.2) is 91.0 Å². The lowest BCUT2D eigenvalue weighted by Crippen LogP contribution is -2.16. The molecule has 1 heterocycles. The van der Waals surface area contributed by atoms with Gasteiger partial charge in [0.1, 0.15) is 11.5 Å². The highest BCUT2D eigenvalue weighted by Crippen LogP contribution is 2.31. The van der Waals surface area contributed by atoms with E-state index in [1.807, 2.05) is 63.2 Å². The van der Waals surface area contributed by atoms with E-state index in [-0.39, 0.29) is 11.5 Å². The zero-order chi connectivity index (χ0) is 29.1. The van der Waals surface area contributed by atoms with Gasteiger partial charge in [0.25, 0.3) is 5.69 Å². The van der Waals surface area contributed by atoms with Crippen LogP contribution in [0.25, 0.3) is 22.2 Å². The molecule has 8 heteroatoms. The van der Waals surface area contributed by atoms with Crippen LogP contribution >= 0.6 is 0 Å². The summed E-state index contributed by atoms with van der Waals surface area (Å²) in [6.45, 7) is 5.35. The Morgan fingerprint density at radius 1 is 0.805 bits per heavy atom. The SMILES string of the molecule is Cc1ccc(-c2nc3ccc(C)cc3c(C(=O)OCC(=O)c3ccc(Oc4ccc([N+](=O)[O-])cc4)cc3)c2C)cc1. The number of rotatable bonds is 8. The number of ketones is 1. The molecule has 41 heavy (non-hydrogen) atoms. The van der Waals surface area contributed by atoms with Crippen LogP contribution in [0.3, 0.4) is 0 Å². The van der Waals surface area contributed by atoms with Crippen molar-refractivity contribution in [3.63, 3.8) is 0 Å². The molecule has 0 aliphatic rings. The third kappa shape index (κ3) is 5.96. The first-order valence-electron chi connectivity index (χ1n) is 12.9. The summed E-state index contributed by atoms with van der Waals surface area (Å²) >= 11 is 0. The number of pyridine rings is 1. The molecule has 0 saturated carbocycles. The van der Waals surface area contributed by atoms with Gasteiger partial charge in [-0.1, -0.05) is 41.5 Å². The molecule has 0 saturated heterocycles. The number of non-ortho nitro benzene ring substituents is 1. The average molecular weight is 547 g/mol. The van der Waals surface area contributed by atoms with Gasteiger partial charge in [0.15, 0.2) is 12.4 Å². The van der Waals surface area contributed by atoms with Crippen molar-refractivity contribution in [2.45, 2.75) is 20.8 Å². The van der Waals surface area contributed by atoms with Crippen LogP contribution in [0, 0.1) is 30.9 Å². The molecule has 0 N–H and O–H groups in total. The Kier molecular flexibility index (Phi) is 7.56. The molecule has 0 atom stereocenters. The van der Waals surface area contributed by atoms with E-state index in [0.717, 1.165) is 16.7 Å². The first-order valence-corrected chi connectivity index (χ1v) is 12.9. The highest BCUT2D eigenvalue weighted by atomic mass is 16.6. The van der Waals surface area contributed by atoms with Gasteiger partial charge in [0, 0.05) is 28.6 Å². The normalized spacial score (nSPS) is 10.8. The van der Waals surface area contributed by atoms with E-state index in [4.69, 9.17) is 14.5 Å². The molecular formula is C33H26N2O6. The van der Waals surface area contributed by atoms with Crippen molar-refractivity contribution in [2.75, 3.05) is 6.61 Å². The molecule has 204 valence electrons. The Labute approximate surface area is 236 Å². The minimum absolute atomic E-state index is 0.0377. The minimum atomic E-state index is -0.597. The van der Waals surface area contributed by atoms with Crippen LogP contribution < -0.4 is 4.74 Å². The van der Waals surface area contributed by atoms with Crippen LogP contribution in [0.2, 0.25) is 0 Å². The van der Waals surface area contributed by atoms with Gasteiger partial charge < -0.3 is 9.47 Å². The number of nitrogens with zero attached hydrogens (tertiary/aromatic N) is 2. The maximum absolute atomic E-state index is 13.4. The van der Waals surface area contributed by atoms with E-state index in [0.29, 0.717) is 44.8 Å². The smallest absolute Gasteiger partial charge is 0.339 e. The fourth-order valence-corrected chi connectivity index (χ4v) is 4.50.